The van der Waals surface area contributed by atoms with Gasteiger partial charge in [0.05, 0.1) is 17.3 Å². The summed E-state index contributed by atoms with van der Waals surface area (Å²) in [4.78, 5) is 13.7. The van der Waals surface area contributed by atoms with Gasteiger partial charge >= 0.3 is 6.18 Å². The molecule has 1 fully saturated rings. The average molecular weight is 378 g/mol. The molecule has 25 heavy (non-hydrogen) atoms. The van der Waals surface area contributed by atoms with E-state index in [-0.39, 0.29) is 18.0 Å². The number of piperazine rings is 1. The van der Waals surface area contributed by atoms with Gasteiger partial charge in [-0.15, -0.1) is 12.4 Å². The average Bonchev–Trinajstić information content (AvgIpc) is 3.03. The zero-order valence-electron chi connectivity index (χ0n) is 13.3. The van der Waals surface area contributed by atoms with Gasteiger partial charge in [-0.2, -0.15) is 18.3 Å². The maximum Gasteiger partial charge on any atom is 0.405 e. The summed E-state index contributed by atoms with van der Waals surface area (Å²) in [5.74, 6) is -0.547. The number of H-pyrrole nitrogens is 1. The van der Waals surface area contributed by atoms with Gasteiger partial charge in [-0.1, -0.05) is 12.1 Å². The van der Waals surface area contributed by atoms with Crippen molar-refractivity contribution in [3.63, 3.8) is 0 Å². The minimum atomic E-state index is -4.40. The van der Waals surface area contributed by atoms with E-state index < -0.39 is 24.7 Å². The molecule has 138 valence electrons. The number of hydrogen-bond donors (Lipinski definition) is 3. The summed E-state index contributed by atoms with van der Waals surface area (Å²) >= 11 is 0. The molecule has 1 aromatic heterocycles. The third kappa shape index (κ3) is 4.42. The minimum absolute atomic E-state index is 0. The lowest BCUT2D eigenvalue weighted by molar-refractivity contribution is -0.183. The van der Waals surface area contributed by atoms with Crippen LogP contribution in [0.2, 0.25) is 0 Å². The standard InChI is InChI=1S/C15H18F3N5O.ClH/c16-15(17,18)12(23-6-4-19-5-7-23)9-20-14(24)11-3-1-2-10-8-21-22-13(10)11;/h1-3,8,12,19H,4-7,9H2,(H,20,24)(H,21,22);1H. The molecule has 0 spiro atoms. The Bertz CT molecular complexity index is 714. The van der Waals surface area contributed by atoms with Crippen LogP contribution in [0.25, 0.3) is 10.9 Å². The summed E-state index contributed by atoms with van der Waals surface area (Å²) in [6.07, 6.45) is -2.84. The van der Waals surface area contributed by atoms with Crippen molar-refractivity contribution < 1.29 is 18.0 Å². The number of nitrogens with zero attached hydrogens (tertiary/aromatic N) is 2. The number of nitrogens with one attached hydrogen (secondary N) is 3. The van der Waals surface area contributed by atoms with Crippen LogP contribution in [0, 0.1) is 0 Å². The van der Waals surface area contributed by atoms with Gasteiger partial charge in [0.2, 0.25) is 0 Å². The largest absolute Gasteiger partial charge is 0.405 e. The van der Waals surface area contributed by atoms with Gasteiger partial charge < -0.3 is 10.6 Å². The number of aromatic amines is 1. The van der Waals surface area contributed by atoms with E-state index >= 15 is 0 Å². The number of alkyl halides is 3. The fourth-order valence-electron chi connectivity index (χ4n) is 2.89. The summed E-state index contributed by atoms with van der Waals surface area (Å²) in [5, 5.41) is 12.7. The molecule has 2 aromatic rings. The van der Waals surface area contributed by atoms with E-state index in [0.29, 0.717) is 31.7 Å². The van der Waals surface area contributed by atoms with Gasteiger partial charge in [0.25, 0.3) is 5.91 Å². The molecule has 1 amide bonds. The number of halogens is 4. The Morgan fingerprint density at radius 3 is 2.72 bits per heavy atom. The minimum Gasteiger partial charge on any atom is -0.350 e. The van der Waals surface area contributed by atoms with Crippen LogP contribution in [0.4, 0.5) is 13.2 Å². The number of benzene rings is 1. The molecule has 3 rings (SSSR count). The summed E-state index contributed by atoms with van der Waals surface area (Å²) < 4.78 is 40.0. The highest BCUT2D eigenvalue weighted by molar-refractivity contribution is 6.05. The highest BCUT2D eigenvalue weighted by atomic mass is 35.5. The smallest absolute Gasteiger partial charge is 0.350 e. The first-order valence-corrected chi connectivity index (χ1v) is 7.68. The lowest BCUT2D eigenvalue weighted by atomic mass is 10.1. The van der Waals surface area contributed by atoms with Crippen molar-refractivity contribution in [3.05, 3.63) is 30.0 Å². The van der Waals surface area contributed by atoms with Crippen LogP contribution in [-0.2, 0) is 0 Å². The first-order chi connectivity index (χ1) is 11.5. The van der Waals surface area contributed by atoms with Crippen LogP contribution in [0.5, 0.6) is 0 Å². The Balaban J connectivity index is 0.00000225. The Kier molecular flexibility index (Phi) is 6.26. The quantitative estimate of drug-likeness (QED) is 0.756. The van der Waals surface area contributed by atoms with E-state index in [1.807, 2.05) is 0 Å². The first-order valence-electron chi connectivity index (χ1n) is 7.68. The van der Waals surface area contributed by atoms with Crippen molar-refractivity contribution in [1.29, 1.82) is 0 Å². The summed E-state index contributed by atoms with van der Waals surface area (Å²) in [5.41, 5.74) is 0.798. The van der Waals surface area contributed by atoms with Gasteiger partial charge in [-0.05, 0) is 6.07 Å². The Labute approximate surface area is 148 Å². The number of hydrogen-bond acceptors (Lipinski definition) is 4. The van der Waals surface area contributed by atoms with E-state index in [4.69, 9.17) is 0 Å². The number of rotatable bonds is 4. The zero-order chi connectivity index (χ0) is 17.2. The van der Waals surface area contributed by atoms with Crippen molar-refractivity contribution in [2.45, 2.75) is 12.2 Å². The van der Waals surface area contributed by atoms with Crippen molar-refractivity contribution >= 4 is 29.2 Å². The Morgan fingerprint density at radius 2 is 2.04 bits per heavy atom. The van der Waals surface area contributed by atoms with Crippen LogP contribution >= 0.6 is 12.4 Å². The molecule has 10 heteroatoms. The molecule has 1 unspecified atom stereocenters. The van der Waals surface area contributed by atoms with E-state index in [9.17, 15) is 18.0 Å². The number of carbonyl (C=O) groups excluding carboxylic acids is 1. The molecular formula is C15H19ClF3N5O. The fraction of sp³-hybridized carbons (Fsp3) is 0.467. The predicted octanol–water partition coefficient (Wildman–Crippen LogP) is 1.55. The second-order valence-electron chi connectivity index (χ2n) is 5.69. The van der Waals surface area contributed by atoms with Gasteiger partial charge in [-0.3, -0.25) is 14.8 Å². The third-order valence-electron chi connectivity index (χ3n) is 4.15. The number of fused-ring (bicyclic) bond motifs is 1. The highest BCUT2D eigenvalue weighted by Gasteiger charge is 2.43. The molecule has 1 saturated heterocycles. The molecular weight excluding hydrogens is 359 g/mol. The molecule has 1 aliphatic heterocycles. The van der Waals surface area contributed by atoms with E-state index in [2.05, 4.69) is 20.8 Å². The lowest BCUT2D eigenvalue weighted by Crippen LogP contribution is -2.57. The SMILES string of the molecule is Cl.O=C(NCC(N1CCNCC1)C(F)(F)F)c1cccc2cn[nH]c12. The Hall–Kier alpha value is -1.84. The normalized spacial score (nSPS) is 17.1. The molecule has 0 bridgehead atoms. The van der Waals surface area contributed by atoms with Crippen molar-refractivity contribution in [3.8, 4) is 0 Å². The van der Waals surface area contributed by atoms with Crippen LogP contribution < -0.4 is 10.6 Å². The van der Waals surface area contributed by atoms with Gasteiger partial charge in [-0.25, -0.2) is 0 Å². The fourth-order valence-corrected chi connectivity index (χ4v) is 2.89. The molecule has 0 saturated carbocycles. The van der Waals surface area contributed by atoms with Crippen LogP contribution in [0.15, 0.2) is 24.4 Å². The maximum atomic E-state index is 13.3. The second kappa shape index (κ2) is 8.03. The van der Waals surface area contributed by atoms with E-state index in [0.717, 1.165) is 5.39 Å². The van der Waals surface area contributed by atoms with Crippen LogP contribution in [-0.4, -0.2) is 65.9 Å². The third-order valence-corrected chi connectivity index (χ3v) is 4.15. The van der Waals surface area contributed by atoms with Crippen molar-refractivity contribution in [2.24, 2.45) is 0 Å². The lowest BCUT2D eigenvalue weighted by Gasteiger charge is -2.35. The molecule has 0 radical (unpaired) electrons. The zero-order valence-corrected chi connectivity index (χ0v) is 14.1. The monoisotopic (exact) mass is 377 g/mol. The van der Waals surface area contributed by atoms with Crippen molar-refractivity contribution in [1.82, 2.24) is 25.7 Å². The van der Waals surface area contributed by atoms with Crippen LogP contribution in [0.3, 0.4) is 0 Å². The number of aromatic nitrogens is 2. The molecule has 2 heterocycles. The molecule has 0 aliphatic carbocycles. The molecule has 3 N–H and O–H groups in total. The van der Waals surface area contributed by atoms with Crippen LogP contribution in [0.1, 0.15) is 10.4 Å². The topological polar surface area (TPSA) is 73.1 Å². The molecule has 1 aliphatic rings. The van der Waals surface area contributed by atoms with E-state index in [1.54, 1.807) is 24.4 Å². The number of amides is 1. The second-order valence-corrected chi connectivity index (χ2v) is 5.69. The molecule has 6 nitrogen and oxygen atoms in total. The van der Waals surface area contributed by atoms with Gasteiger partial charge in [0, 0.05) is 38.1 Å². The van der Waals surface area contributed by atoms with Crippen molar-refractivity contribution in [2.75, 3.05) is 32.7 Å². The molecule has 1 aromatic carbocycles. The summed E-state index contributed by atoms with van der Waals surface area (Å²) in [7, 11) is 0. The first kappa shape index (κ1) is 19.5. The number of para-hydroxylation sites is 1. The number of carbonyl (C=O) groups is 1. The Morgan fingerprint density at radius 1 is 1.32 bits per heavy atom. The predicted molar refractivity (Wildman–Crippen MR) is 90.0 cm³/mol. The van der Waals surface area contributed by atoms with E-state index in [1.165, 1.54) is 4.90 Å². The highest BCUT2D eigenvalue weighted by Crippen LogP contribution is 2.25. The van der Waals surface area contributed by atoms with Gasteiger partial charge in [0.15, 0.2) is 0 Å². The summed E-state index contributed by atoms with van der Waals surface area (Å²) in [6.45, 7) is 1.14. The summed E-state index contributed by atoms with van der Waals surface area (Å²) in [6, 6.07) is 3.31. The van der Waals surface area contributed by atoms with Gasteiger partial charge in [0.1, 0.15) is 6.04 Å². The molecule has 1 atom stereocenters. The maximum absolute atomic E-state index is 13.3.